The monoisotopic (exact) mass is 400 g/mol. The number of fused-ring (bicyclic) bond motifs is 1. The first-order valence-electron chi connectivity index (χ1n) is 7.91. The van der Waals surface area contributed by atoms with Crippen molar-refractivity contribution in [1.29, 1.82) is 0 Å². The normalized spacial score (nSPS) is 25.3. The first-order valence-corrected chi connectivity index (χ1v) is 9.54. The molecule has 1 amide bonds. The van der Waals surface area contributed by atoms with Gasteiger partial charge in [0.25, 0.3) is 0 Å². The molecule has 26 heavy (non-hydrogen) atoms. The summed E-state index contributed by atoms with van der Waals surface area (Å²) in [6.45, 7) is 7.50. The van der Waals surface area contributed by atoms with Crippen LogP contribution in [0.15, 0.2) is 56.6 Å². The molecule has 0 aliphatic carbocycles. The van der Waals surface area contributed by atoms with Crippen LogP contribution in [0, 0.1) is 11.8 Å². The largest absolute Gasteiger partial charge is 0.477 e. The summed E-state index contributed by atoms with van der Waals surface area (Å²) in [4.78, 5) is 27.0. The van der Waals surface area contributed by atoms with Gasteiger partial charge in [0, 0.05) is 49.5 Å². The average molecular weight is 400 g/mol. The number of rotatable bonds is 6. The molecule has 2 aliphatic rings. The number of thioether (sulfide) groups is 2. The summed E-state index contributed by atoms with van der Waals surface area (Å²) in [6, 6.07) is 9.41. The molecule has 2 heterocycles. The fourth-order valence-electron chi connectivity index (χ4n) is 3.42. The van der Waals surface area contributed by atoms with Crippen LogP contribution >= 0.6 is 23.5 Å². The number of nitrogens with zero attached hydrogens (tertiary/aromatic N) is 1. The van der Waals surface area contributed by atoms with Crippen LogP contribution in [-0.2, 0) is 9.59 Å². The minimum atomic E-state index is -1.12. The molecule has 0 saturated carbocycles. The number of carboxylic acid groups (broad SMARTS) is 1. The Morgan fingerprint density at radius 1 is 1.27 bits per heavy atom. The SMILES string of the molecule is C=C(SC1=C(C(=O)O)N2C(=O)[C@H]([C@@H](C)O)[C@H]2[C@H]1C)Sc1ccccc1.[Na]. The molecule has 8 heteroatoms. The second kappa shape index (κ2) is 8.54. The second-order valence-corrected chi connectivity index (χ2v) is 8.72. The number of carbonyl (C=O) groups excluding carboxylic acids is 1. The molecule has 0 unspecified atom stereocenters. The minimum absolute atomic E-state index is 0. The summed E-state index contributed by atoms with van der Waals surface area (Å²) >= 11 is 2.77. The predicted molar refractivity (Wildman–Crippen MR) is 104 cm³/mol. The predicted octanol–water partition coefficient (Wildman–Crippen LogP) is 2.76. The van der Waals surface area contributed by atoms with Crippen molar-refractivity contribution in [2.75, 3.05) is 0 Å². The number of carbonyl (C=O) groups is 2. The van der Waals surface area contributed by atoms with Crippen LogP contribution in [0.25, 0.3) is 0 Å². The molecule has 4 atom stereocenters. The van der Waals surface area contributed by atoms with Gasteiger partial charge in [-0.2, -0.15) is 0 Å². The molecule has 0 spiro atoms. The van der Waals surface area contributed by atoms with Crippen molar-refractivity contribution in [3.8, 4) is 0 Å². The van der Waals surface area contributed by atoms with E-state index in [1.54, 1.807) is 6.92 Å². The summed E-state index contributed by atoms with van der Waals surface area (Å²) in [5.74, 6) is -2.13. The van der Waals surface area contributed by atoms with Gasteiger partial charge in [0.2, 0.25) is 5.91 Å². The van der Waals surface area contributed by atoms with Crippen LogP contribution in [0.5, 0.6) is 0 Å². The van der Waals surface area contributed by atoms with E-state index in [4.69, 9.17) is 0 Å². The van der Waals surface area contributed by atoms with Gasteiger partial charge in [-0.05, 0) is 19.1 Å². The number of carboxylic acids is 1. The van der Waals surface area contributed by atoms with E-state index in [0.717, 1.165) is 9.13 Å². The van der Waals surface area contributed by atoms with Crippen LogP contribution in [0.2, 0.25) is 0 Å². The molecule has 2 N–H and O–H groups in total. The number of aliphatic hydroxyl groups excluding tert-OH is 1. The van der Waals surface area contributed by atoms with Crippen molar-refractivity contribution < 1.29 is 19.8 Å². The molecular weight excluding hydrogens is 381 g/mol. The van der Waals surface area contributed by atoms with E-state index in [0.29, 0.717) is 4.91 Å². The minimum Gasteiger partial charge on any atom is -0.477 e. The van der Waals surface area contributed by atoms with E-state index < -0.39 is 18.0 Å². The number of hydrogen-bond donors (Lipinski definition) is 2. The van der Waals surface area contributed by atoms with E-state index in [1.807, 2.05) is 37.3 Å². The molecule has 5 nitrogen and oxygen atoms in total. The van der Waals surface area contributed by atoms with Crippen LogP contribution in [0.3, 0.4) is 0 Å². The summed E-state index contributed by atoms with van der Waals surface area (Å²) in [7, 11) is 0. The molecule has 1 aromatic carbocycles. The van der Waals surface area contributed by atoms with Gasteiger partial charge >= 0.3 is 5.97 Å². The zero-order valence-electron chi connectivity index (χ0n) is 14.9. The smallest absolute Gasteiger partial charge is 0.353 e. The molecule has 1 saturated heterocycles. The van der Waals surface area contributed by atoms with Gasteiger partial charge in [-0.3, -0.25) is 4.79 Å². The van der Waals surface area contributed by atoms with E-state index in [-0.39, 0.29) is 53.1 Å². The standard InChI is InChI=1S/C18H19NO4S2.Na/c1-9-14-13(10(2)20)17(21)19(14)15(18(22)23)16(9)25-11(3)24-12-7-5-4-6-8-12;/h4-10,13-14,20H,3H2,1-2H3,(H,22,23);/t9-,10-,13-,14-;/m1./s1. The summed E-state index contributed by atoms with van der Waals surface area (Å²) in [5.41, 5.74) is 0.0270. The van der Waals surface area contributed by atoms with E-state index in [2.05, 4.69) is 6.58 Å². The van der Waals surface area contributed by atoms with Crippen molar-refractivity contribution >= 4 is 65.0 Å². The van der Waals surface area contributed by atoms with Gasteiger partial charge in [-0.15, -0.1) is 0 Å². The third kappa shape index (κ3) is 3.79. The maximum absolute atomic E-state index is 12.3. The Morgan fingerprint density at radius 2 is 1.88 bits per heavy atom. The molecule has 0 aromatic heterocycles. The number of β-lactam (4-membered cyclic amide) rings is 1. The van der Waals surface area contributed by atoms with Gasteiger partial charge in [-0.1, -0.05) is 55.2 Å². The Labute approximate surface area is 183 Å². The third-order valence-electron chi connectivity index (χ3n) is 4.51. The fourth-order valence-corrected chi connectivity index (χ4v) is 5.55. The Bertz CT molecular complexity index is 766. The van der Waals surface area contributed by atoms with Crippen LogP contribution in [0.4, 0.5) is 0 Å². The van der Waals surface area contributed by atoms with Crippen molar-refractivity contribution in [2.24, 2.45) is 11.8 Å². The Hall–Kier alpha value is -0.700. The van der Waals surface area contributed by atoms with Crippen molar-refractivity contribution in [3.05, 3.63) is 51.8 Å². The van der Waals surface area contributed by atoms with E-state index >= 15 is 0 Å². The van der Waals surface area contributed by atoms with Gasteiger partial charge < -0.3 is 15.1 Å². The molecule has 3 rings (SSSR count). The number of aliphatic carboxylic acids is 1. The van der Waals surface area contributed by atoms with Crippen LogP contribution < -0.4 is 0 Å². The Morgan fingerprint density at radius 3 is 2.42 bits per heavy atom. The number of hydrogen-bond acceptors (Lipinski definition) is 5. The quantitative estimate of drug-likeness (QED) is 0.434. The molecule has 1 fully saturated rings. The van der Waals surface area contributed by atoms with E-state index in [1.165, 1.54) is 28.4 Å². The van der Waals surface area contributed by atoms with Crippen LogP contribution in [0.1, 0.15) is 13.8 Å². The van der Waals surface area contributed by atoms with Crippen molar-refractivity contribution in [2.45, 2.75) is 30.9 Å². The van der Waals surface area contributed by atoms with Gasteiger partial charge in [0.1, 0.15) is 5.70 Å². The number of benzene rings is 1. The number of amides is 1. The van der Waals surface area contributed by atoms with Gasteiger partial charge in [0.05, 0.1) is 18.1 Å². The molecule has 2 aliphatic heterocycles. The molecular formula is C18H19NNaO4S2. The van der Waals surface area contributed by atoms with E-state index in [9.17, 15) is 19.8 Å². The topological polar surface area (TPSA) is 77.8 Å². The average Bonchev–Trinajstić information content (AvgIpc) is 2.77. The maximum Gasteiger partial charge on any atom is 0.353 e. The summed E-state index contributed by atoms with van der Waals surface area (Å²) in [5, 5.41) is 19.5. The molecule has 1 aromatic rings. The Kier molecular flexibility index (Phi) is 7.10. The third-order valence-corrected chi connectivity index (χ3v) is 6.76. The Balaban J connectivity index is 0.00000243. The summed E-state index contributed by atoms with van der Waals surface area (Å²) < 4.78 is 0.746. The molecule has 1 radical (unpaired) electrons. The summed E-state index contributed by atoms with van der Waals surface area (Å²) in [6.07, 6.45) is -0.794. The molecule has 133 valence electrons. The molecule has 0 bridgehead atoms. The maximum atomic E-state index is 12.3. The van der Waals surface area contributed by atoms with Crippen molar-refractivity contribution in [1.82, 2.24) is 4.90 Å². The van der Waals surface area contributed by atoms with Gasteiger partial charge in [-0.25, -0.2) is 4.79 Å². The zero-order valence-corrected chi connectivity index (χ0v) is 18.5. The second-order valence-electron chi connectivity index (χ2n) is 6.16. The van der Waals surface area contributed by atoms with Crippen molar-refractivity contribution in [3.63, 3.8) is 0 Å². The first-order chi connectivity index (χ1) is 11.8. The van der Waals surface area contributed by atoms with Gasteiger partial charge in [0.15, 0.2) is 0 Å². The zero-order chi connectivity index (χ0) is 18.3. The van der Waals surface area contributed by atoms with Crippen LogP contribution in [-0.4, -0.2) is 68.7 Å². The first kappa shape index (κ1) is 21.6. The fraction of sp³-hybridized carbons (Fsp3) is 0.333. The number of aliphatic hydroxyl groups is 1.